The molecule has 0 N–H and O–H groups in total. The predicted octanol–water partition coefficient (Wildman–Crippen LogP) is 2.83. The number of nitrogens with zero attached hydrogens (tertiary/aromatic N) is 3. The van der Waals surface area contributed by atoms with Gasteiger partial charge < -0.3 is 9.32 Å². The van der Waals surface area contributed by atoms with Crippen molar-refractivity contribution in [1.29, 1.82) is 0 Å². The Balaban J connectivity index is 1.89. The molecule has 5 heteroatoms. The molecule has 3 heterocycles. The molecule has 2 aromatic heterocycles. The van der Waals surface area contributed by atoms with Crippen molar-refractivity contribution in [3.63, 3.8) is 0 Å². The van der Waals surface area contributed by atoms with Gasteiger partial charge in [-0.25, -0.2) is 4.98 Å². The van der Waals surface area contributed by atoms with Crippen molar-refractivity contribution in [3.05, 3.63) is 48.4 Å². The molecule has 1 fully saturated rings. The Kier molecular flexibility index (Phi) is 3.76. The Morgan fingerprint density at radius 1 is 1.30 bits per heavy atom. The first-order valence-electron chi connectivity index (χ1n) is 6.96. The summed E-state index contributed by atoms with van der Waals surface area (Å²) >= 11 is 0. The fraction of sp³-hybridized carbons (Fsp3) is 0.400. The van der Waals surface area contributed by atoms with Crippen LogP contribution in [0.4, 0.5) is 0 Å². The minimum absolute atomic E-state index is 0.00186. The molecule has 1 saturated heterocycles. The summed E-state index contributed by atoms with van der Waals surface area (Å²) in [7, 11) is 0. The molecule has 0 aromatic carbocycles. The average Bonchev–Trinajstić information content (AvgIpc) is 2.92. The highest BCUT2D eigenvalue weighted by molar-refractivity contribution is 5.92. The molecule has 0 radical (unpaired) electrons. The third-order valence-electron chi connectivity index (χ3n) is 3.67. The fourth-order valence-corrected chi connectivity index (χ4v) is 2.68. The van der Waals surface area contributed by atoms with Crippen LogP contribution in [-0.4, -0.2) is 27.3 Å². The Morgan fingerprint density at radius 2 is 2.25 bits per heavy atom. The summed E-state index contributed by atoms with van der Waals surface area (Å²) < 4.78 is 5.51. The number of amides is 1. The van der Waals surface area contributed by atoms with Crippen LogP contribution in [0.5, 0.6) is 0 Å². The second-order valence-corrected chi connectivity index (χ2v) is 4.97. The van der Waals surface area contributed by atoms with Crippen molar-refractivity contribution in [2.24, 2.45) is 0 Å². The molecule has 1 aliphatic heterocycles. The van der Waals surface area contributed by atoms with Gasteiger partial charge in [0.1, 0.15) is 11.5 Å². The highest BCUT2D eigenvalue weighted by Crippen LogP contribution is 2.31. The largest absolute Gasteiger partial charge is 0.467 e. The minimum atomic E-state index is -0.0681. The SMILES string of the molecule is O=C(c1cnccn1)N1CCCCCC1c1ccco1. The molecule has 1 aliphatic rings. The number of carbonyl (C=O) groups is 1. The number of rotatable bonds is 2. The maximum atomic E-state index is 12.6. The first kappa shape index (κ1) is 12.8. The van der Waals surface area contributed by atoms with Gasteiger partial charge in [-0.1, -0.05) is 12.8 Å². The molecule has 5 nitrogen and oxygen atoms in total. The molecule has 0 spiro atoms. The molecule has 104 valence electrons. The van der Waals surface area contributed by atoms with E-state index in [0.29, 0.717) is 5.69 Å². The van der Waals surface area contributed by atoms with Crippen molar-refractivity contribution in [2.45, 2.75) is 31.7 Å². The van der Waals surface area contributed by atoms with E-state index in [9.17, 15) is 4.79 Å². The lowest BCUT2D eigenvalue weighted by molar-refractivity contribution is 0.0652. The standard InChI is InChI=1S/C15H17N3O2/c19-15(12-11-16-7-8-17-12)18-9-3-1-2-5-13(18)14-6-4-10-20-14/h4,6-8,10-11,13H,1-3,5,9H2. The molecule has 2 aromatic rings. The molecule has 3 rings (SSSR count). The lowest BCUT2D eigenvalue weighted by Gasteiger charge is -2.28. The van der Waals surface area contributed by atoms with E-state index >= 15 is 0 Å². The lowest BCUT2D eigenvalue weighted by Crippen LogP contribution is -2.35. The van der Waals surface area contributed by atoms with Crippen LogP contribution < -0.4 is 0 Å². The van der Waals surface area contributed by atoms with Crippen LogP contribution in [0.2, 0.25) is 0 Å². The van der Waals surface area contributed by atoms with Gasteiger partial charge >= 0.3 is 0 Å². The van der Waals surface area contributed by atoms with E-state index in [0.717, 1.165) is 38.0 Å². The number of aromatic nitrogens is 2. The number of hydrogen-bond acceptors (Lipinski definition) is 4. The van der Waals surface area contributed by atoms with Crippen LogP contribution in [0.3, 0.4) is 0 Å². The molecular formula is C15H17N3O2. The first-order chi connectivity index (χ1) is 9.86. The van der Waals surface area contributed by atoms with Crippen LogP contribution in [0, 0.1) is 0 Å². The van der Waals surface area contributed by atoms with Gasteiger partial charge in [0.2, 0.25) is 0 Å². The van der Waals surface area contributed by atoms with E-state index in [1.807, 2.05) is 17.0 Å². The monoisotopic (exact) mass is 271 g/mol. The summed E-state index contributed by atoms with van der Waals surface area (Å²) in [4.78, 5) is 22.6. The summed E-state index contributed by atoms with van der Waals surface area (Å²) in [6.45, 7) is 0.737. The molecule has 0 bridgehead atoms. The summed E-state index contributed by atoms with van der Waals surface area (Å²) in [5, 5.41) is 0. The van der Waals surface area contributed by atoms with Crippen LogP contribution >= 0.6 is 0 Å². The maximum Gasteiger partial charge on any atom is 0.274 e. The van der Waals surface area contributed by atoms with Crippen LogP contribution in [0.25, 0.3) is 0 Å². The Labute approximate surface area is 117 Å². The summed E-state index contributed by atoms with van der Waals surface area (Å²) in [5.74, 6) is 0.783. The highest BCUT2D eigenvalue weighted by atomic mass is 16.3. The smallest absolute Gasteiger partial charge is 0.274 e. The van der Waals surface area contributed by atoms with Gasteiger partial charge in [0.05, 0.1) is 18.5 Å². The van der Waals surface area contributed by atoms with Crippen LogP contribution in [0.1, 0.15) is 48.0 Å². The van der Waals surface area contributed by atoms with Gasteiger partial charge in [0.25, 0.3) is 5.91 Å². The summed E-state index contributed by atoms with van der Waals surface area (Å²) in [6, 6.07) is 3.81. The van der Waals surface area contributed by atoms with Gasteiger partial charge in [-0.05, 0) is 25.0 Å². The third kappa shape index (κ3) is 2.57. The van der Waals surface area contributed by atoms with E-state index in [-0.39, 0.29) is 11.9 Å². The van der Waals surface area contributed by atoms with Gasteiger partial charge in [-0.3, -0.25) is 9.78 Å². The number of furan rings is 1. The minimum Gasteiger partial charge on any atom is -0.467 e. The molecule has 1 atom stereocenters. The molecule has 0 saturated carbocycles. The maximum absolute atomic E-state index is 12.6. The van der Waals surface area contributed by atoms with Crippen molar-refractivity contribution in [2.75, 3.05) is 6.54 Å². The first-order valence-corrected chi connectivity index (χ1v) is 6.96. The van der Waals surface area contributed by atoms with Gasteiger partial charge in [0, 0.05) is 18.9 Å². The Hall–Kier alpha value is -2.17. The highest BCUT2D eigenvalue weighted by Gasteiger charge is 2.29. The number of likely N-dealkylation sites (tertiary alicyclic amines) is 1. The van der Waals surface area contributed by atoms with Crippen molar-refractivity contribution >= 4 is 5.91 Å². The zero-order chi connectivity index (χ0) is 13.8. The second kappa shape index (κ2) is 5.86. The average molecular weight is 271 g/mol. The molecule has 1 amide bonds. The van der Waals surface area contributed by atoms with Gasteiger partial charge in [-0.15, -0.1) is 0 Å². The van der Waals surface area contributed by atoms with Crippen molar-refractivity contribution in [3.8, 4) is 0 Å². The van der Waals surface area contributed by atoms with Gasteiger partial charge in [0.15, 0.2) is 0 Å². The van der Waals surface area contributed by atoms with Gasteiger partial charge in [-0.2, -0.15) is 0 Å². The van der Waals surface area contributed by atoms with Crippen molar-refractivity contribution in [1.82, 2.24) is 14.9 Å². The zero-order valence-corrected chi connectivity index (χ0v) is 11.2. The molecule has 20 heavy (non-hydrogen) atoms. The van der Waals surface area contributed by atoms with E-state index in [1.165, 1.54) is 6.20 Å². The molecule has 0 aliphatic carbocycles. The quantitative estimate of drug-likeness (QED) is 0.842. The summed E-state index contributed by atoms with van der Waals surface area (Å²) in [6.07, 6.45) is 10.5. The number of carbonyl (C=O) groups excluding carboxylic acids is 1. The van der Waals surface area contributed by atoms with Crippen LogP contribution in [-0.2, 0) is 0 Å². The van der Waals surface area contributed by atoms with E-state index in [1.54, 1.807) is 18.7 Å². The van der Waals surface area contributed by atoms with E-state index in [4.69, 9.17) is 4.42 Å². The number of hydrogen-bond donors (Lipinski definition) is 0. The van der Waals surface area contributed by atoms with E-state index < -0.39 is 0 Å². The summed E-state index contributed by atoms with van der Waals surface area (Å²) in [5.41, 5.74) is 0.394. The molecule has 1 unspecified atom stereocenters. The van der Waals surface area contributed by atoms with E-state index in [2.05, 4.69) is 9.97 Å². The second-order valence-electron chi connectivity index (χ2n) is 4.97. The fourth-order valence-electron chi connectivity index (χ4n) is 2.68. The lowest BCUT2D eigenvalue weighted by atomic mass is 10.1. The zero-order valence-electron chi connectivity index (χ0n) is 11.2. The predicted molar refractivity (Wildman–Crippen MR) is 73.0 cm³/mol. The Bertz CT molecular complexity index is 554. The van der Waals surface area contributed by atoms with Crippen molar-refractivity contribution < 1.29 is 9.21 Å². The third-order valence-corrected chi connectivity index (χ3v) is 3.67. The molecular weight excluding hydrogens is 254 g/mol. The van der Waals surface area contributed by atoms with Crippen LogP contribution in [0.15, 0.2) is 41.4 Å². The normalized spacial score (nSPS) is 19.6. The topological polar surface area (TPSA) is 59.2 Å². The Morgan fingerprint density at radius 3 is 3.00 bits per heavy atom.